The number of aliphatic imine (C=N–C) groups is 1. The van der Waals surface area contributed by atoms with Crippen LogP contribution in [0.4, 0.5) is 0 Å². The summed E-state index contributed by atoms with van der Waals surface area (Å²) in [6, 6.07) is 0. The van der Waals surface area contributed by atoms with Crippen LogP contribution in [0.25, 0.3) is 0 Å². The summed E-state index contributed by atoms with van der Waals surface area (Å²) in [5, 5.41) is 3.25. The molecule has 0 aromatic rings. The monoisotopic (exact) mass is 241 g/mol. The number of guanidine groups is 1. The first kappa shape index (κ1) is 13.8. The summed E-state index contributed by atoms with van der Waals surface area (Å²) in [7, 11) is 1.45. The Morgan fingerprint density at radius 1 is 1.47 bits per heavy atom. The molecule has 0 radical (unpaired) electrons. The summed E-state index contributed by atoms with van der Waals surface area (Å²) < 4.78 is 4.83. The Morgan fingerprint density at radius 2 is 2.18 bits per heavy atom. The predicted octanol–water partition coefficient (Wildman–Crippen LogP) is 0.713. The third-order valence-electron chi connectivity index (χ3n) is 3.06. The number of hydrogen-bond donors (Lipinski definition) is 1. The van der Waals surface area contributed by atoms with Gasteiger partial charge < -0.3 is 15.0 Å². The van der Waals surface area contributed by atoms with Crippen LogP contribution >= 0.6 is 0 Å². The maximum absolute atomic E-state index is 11.6. The molecule has 2 atom stereocenters. The molecule has 0 bridgehead atoms. The van der Waals surface area contributed by atoms with Crippen LogP contribution in [0.15, 0.2) is 4.99 Å². The molecule has 0 amide bonds. The third-order valence-corrected chi connectivity index (χ3v) is 3.06. The highest BCUT2D eigenvalue weighted by Gasteiger charge is 2.36. The van der Waals surface area contributed by atoms with Gasteiger partial charge in [-0.25, -0.2) is 0 Å². The van der Waals surface area contributed by atoms with Crippen LogP contribution in [0.3, 0.4) is 0 Å². The molecule has 98 valence electrons. The summed E-state index contributed by atoms with van der Waals surface area (Å²) in [5.74, 6) is 1.05. The maximum atomic E-state index is 11.6. The van der Waals surface area contributed by atoms with Crippen molar-refractivity contribution in [3.05, 3.63) is 0 Å². The zero-order valence-corrected chi connectivity index (χ0v) is 11.2. The second kappa shape index (κ2) is 6.47. The van der Waals surface area contributed by atoms with Crippen LogP contribution < -0.4 is 5.32 Å². The quantitative estimate of drug-likeness (QED) is 0.449. The minimum absolute atomic E-state index is 0.0410. The van der Waals surface area contributed by atoms with Gasteiger partial charge in [0.15, 0.2) is 5.96 Å². The normalized spacial score (nSPS) is 24.9. The summed E-state index contributed by atoms with van der Waals surface area (Å²) in [6.07, 6.45) is 0. The number of hydrogen-bond acceptors (Lipinski definition) is 3. The number of nitrogens with zero attached hydrogens (tertiary/aromatic N) is 2. The van der Waals surface area contributed by atoms with Crippen LogP contribution in [-0.2, 0) is 9.53 Å². The smallest absolute Gasteiger partial charge is 0.310 e. The van der Waals surface area contributed by atoms with E-state index in [1.807, 2.05) is 13.8 Å². The van der Waals surface area contributed by atoms with E-state index in [9.17, 15) is 4.79 Å². The Hall–Kier alpha value is -1.26. The molecule has 0 spiro atoms. The van der Waals surface area contributed by atoms with E-state index in [1.165, 1.54) is 7.11 Å². The largest absolute Gasteiger partial charge is 0.469 e. The zero-order chi connectivity index (χ0) is 12.8. The molecule has 1 heterocycles. The lowest BCUT2D eigenvalue weighted by Gasteiger charge is -2.21. The van der Waals surface area contributed by atoms with Crippen molar-refractivity contribution in [1.82, 2.24) is 10.2 Å². The third kappa shape index (κ3) is 3.35. The molecule has 5 heteroatoms. The molecule has 5 nitrogen and oxygen atoms in total. The zero-order valence-electron chi connectivity index (χ0n) is 11.2. The molecule has 1 N–H and O–H groups in total. The number of rotatable bonds is 3. The number of ether oxygens (including phenoxy) is 1. The summed E-state index contributed by atoms with van der Waals surface area (Å²) in [4.78, 5) is 18.2. The van der Waals surface area contributed by atoms with E-state index >= 15 is 0 Å². The number of nitrogens with one attached hydrogen (secondary N) is 1. The van der Waals surface area contributed by atoms with E-state index < -0.39 is 0 Å². The van der Waals surface area contributed by atoms with E-state index in [4.69, 9.17) is 4.74 Å². The fourth-order valence-electron chi connectivity index (χ4n) is 2.17. The number of carbonyl (C=O) groups excluding carboxylic acids is 1. The highest BCUT2D eigenvalue weighted by atomic mass is 16.5. The van der Waals surface area contributed by atoms with Gasteiger partial charge in [0.05, 0.1) is 13.0 Å². The van der Waals surface area contributed by atoms with Gasteiger partial charge in [-0.05, 0) is 19.8 Å². The molecule has 1 rings (SSSR count). The van der Waals surface area contributed by atoms with E-state index in [-0.39, 0.29) is 11.9 Å². The Morgan fingerprint density at radius 3 is 2.71 bits per heavy atom. The van der Waals surface area contributed by atoms with Gasteiger partial charge in [-0.3, -0.25) is 9.79 Å². The topological polar surface area (TPSA) is 53.9 Å². The Labute approximate surface area is 103 Å². The number of likely N-dealkylation sites (tertiary alicyclic amines) is 1. The van der Waals surface area contributed by atoms with Crippen LogP contribution in [-0.4, -0.2) is 50.1 Å². The first-order chi connectivity index (χ1) is 8.13. The van der Waals surface area contributed by atoms with Gasteiger partial charge in [-0.2, -0.15) is 0 Å². The van der Waals surface area contributed by atoms with E-state index in [2.05, 4.69) is 22.1 Å². The lowest BCUT2D eigenvalue weighted by atomic mass is 9.99. The lowest BCUT2D eigenvalue weighted by molar-refractivity contribution is -0.145. The molecule has 17 heavy (non-hydrogen) atoms. The highest BCUT2D eigenvalue weighted by molar-refractivity contribution is 5.82. The first-order valence-electron chi connectivity index (χ1n) is 6.25. The molecule has 1 aliphatic rings. The maximum Gasteiger partial charge on any atom is 0.310 e. The molecular weight excluding hydrogens is 218 g/mol. The average molecular weight is 241 g/mol. The minimum Gasteiger partial charge on any atom is -0.469 e. The van der Waals surface area contributed by atoms with E-state index in [0.717, 1.165) is 25.6 Å². The van der Waals surface area contributed by atoms with Crippen molar-refractivity contribution in [3.63, 3.8) is 0 Å². The lowest BCUT2D eigenvalue weighted by Crippen LogP contribution is -2.40. The van der Waals surface area contributed by atoms with Gasteiger partial charge in [0.2, 0.25) is 0 Å². The standard InChI is InChI=1S/C12H23N3O2/c1-5-13-12(14-6-2)15-7-9(3)10(8-15)11(16)17-4/h9-10H,5-8H2,1-4H3,(H,13,14). The number of esters is 1. The first-order valence-corrected chi connectivity index (χ1v) is 6.25. The van der Waals surface area contributed by atoms with Gasteiger partial charge in [0.25, 0.3) is 0 Å². The molecule has 1 saturated heterocycles. The van der Waals surface area contributed by atoms with Gasteiger partial charge in [-0.15, -0.1) is 0 Å². The fourth-order valence-corrected chi connectivity index (χ4v) is 2.17. The molecule has 2 unspecified atom stereocenters. The van der Waals surface area contributed by atoms with Crippen LogP contribution in [0.1, 0.15) is 20.8 Å². The molecule has 0 aliphatic carbocycles. The van der Waals surface area contributed by atoms with E-state index in [0.29, 0.717) is 12.5 Å². The van der Waals surface area contributed by atoms with Crippen molar-refractivity contribution in [2.75, 3.05) is 33.3 Å². The fraction of sp³-hybridized carbons (Fsp3) is 0.833. The summed E-state index contributed by atoms with van der Waals surface area (Å²) >= 11 is 0. The SMILES string of the molecule is CCN=C(NCC)N1CC(C)C(C(=O)OC)C1. The van der Waals surface area contributed by atoms with Crippen molar-refractivity contribution >= 4 is 11.9 Å². The number of methoxy groups -OCH3 is 1. The van der Waals surface area contributed by atoms with Crippen LogP contribution in [0, 0.1) is 11.8 Å². The van der Waals surface area contributed by atoms with Gasteiger partial charge >= 0.3 is 5.97 Å². The predicted molar refractivity (Wildman–Crippen MR) is 67.9 cm³/mol. The summed E-state index contributed by atoms with van der Waals surface area (Å²) in [5.41, 5.74) is 0. The molecule has 0 aromatic heterocycles. The molecule has 1 fully saturated rings. The second-order valence-electron chi connectivity index (χ2n) is 4.34. The van der Waals surface area contributed by atoms with Crippen molar-refractivity contribution in [2.24, 2.45) is 16.8 Å². The minimum atomic E-state index is -0.118. The van der Waals surface area contributed by atoms with Crippen molar-refractivity contribution in [3.8, 4) is 0 Å². The Balaban J connectivity index is 2.69. The Bertz CT molecular complexity index is 291. The molecule has 0 aromatic carbocycles. The van der Waals surface area contributed by atoms with E-state index in [1.54, 1.807) is 0 Å². The van der Waals surface area contributed by atoms with Gasteiger partial charge in [0, 0.05) is 26.2 Å². The van der Waals surface area contributed by atoms with Gasteiger partial charge in [0.1, 0.15) is 0 Å². The molecular formula is C12H23N3O2. The van der Waals surface area contributed by atoms with Crippen LogP contribution in [0.2, 0.25) is 0 Å². The average Bonchev–Trinajstić information content (AvgIpc) is 2.70. The summed E-state index contributed by atoms with van der Waals surface area (Å²) in [6.45, 7) is 9.27. The molecule has 0 saturated carbocycles. The molecule has 1 aliphatic heterocycles. The van der Waals surface area contributed by atoms with Gasteiger partial charge in [-0.1, -0.05) is 6.92 Å². The Kier molecular flexibility index (Phi) is 5.25. The van der Waals surface area contributed by atoms with Crippen molar-refractivity contribution in [1.29, 1.82) is 0 Å². The van der Waals surface area contributed by atoms with Crippen molar-refractivity contribution in [2.45, 2.75) is 20.8 Å². The highest BCUT2D eigenvalue weighted by Crippen LogP contribution is 2.23. The second-order valence-corrected chi connectivity index (χ2v) is 4.34. The number of carbonyl (C=O) groups is 1. The van der Waals surface area contributed by atoms with Crippen molar-refractivity contribution < 1.29 is 9.53 Å². The van der Waals surface area contributed by atoms with Crippen LogP contribution in [0.5, 0.6) is 0 Å².